The van der Waals surface area contributed by atoms with Crippen LogP contribution < -0.4 is 9.80 Å². The molecule has 0 bridgehead atoms. The number of benzene rings is 2. The molecule has 3 rings (SSSR count). The average molecular weight is 287 g/mol. The lowest BCUT2D eigenvalue weighted by Crippen LogP contribution is -2.37. The van der Waals surface area contributed by atoms with Gasteiger partial charge in [0.25, 0.3) is 0 Å². The van der Waals surface area contributed by atoms with Gasteiger partial charge in [-0.1, -0.05) is 35.9 Å². The van der Waals surface area contributed by atoms with Gasteiger partial charge in [0, 0.05) is 23.4 Å². The molecule has 20 heavy (non-hydrogen) atoms. The van der Waals surface area contributed by atoms with E-state index in [0.717, 1.165) is 16.9 Å². The van der Waals surface area contributed by atoms with Crippen molar-refractivity contribution in [1.29, 1.82) is 0 Å². The molecule has 1 aliphatic rings. The highest BCUT2D eigenvalue weighted by molar-refractivity contribution is 6.30. The summed E-state index contributed by atoms with van der Waals surface area (Å²) < 4.78 is 0. The van der Waals surface area contributed by atoms with Gasteiger partial charge in [-0.2, -0.15) is 0 Å². The maximum atomic E-state index is 12.1. The van der Waals surface area contributed by atoms with E-state index in [1.165, 1.54) is 0 Å². The molecule has 3 nitrogen and oxygen atoms in total. The van der Waals surface area contributed by atoms with E-state index in [1.807, 2.05) is 65.4 Å². The second-order valence-corrected chi connectivity index (χ2v) is 5.38. The molecule has 0 fully saturated rings. The fraction of sp³-hybridized carbons (Fsp3) is 0.188. The van der Waals surface area contributed by atoms with Crippen molar-refractivity contribution in [3.8, 4) is 0 Å². The van der Waals surface area contributed by atoms with Crippen LogP contribution in [0.1, 0.15) is 5.56 Å². The van der Waals surface area contributed by atoms with Crippen molar-refractivity contribution in [2.45, 2.75) is 6.42 Å². The molecule has 102 valence electrons. The van der Waals surface area contributed by atoms with Crippen LogP contribution in [0.5, 0.6) is 0 Å². The summed E-state index contributed by atoms with van der Waals surface area (Å²) in [4.78, 5) is 16.0. The van der Waals surface area contributed by atoms with Crippen LogP contribution in [0.25, 0.3) is 0 Å². The Bertz CT molecular complexity index is 656. The molecule has 0 saturated carbocycles. The first-order chi connectivity index (χ1) is 9.65. The lowest BCUT2D eigenvalue weighted by molar-refractivity contribution is -0.117. The van der Waals surface area contributed by atoms with Gasteiger partial charge in [-0.3, -0.25) is 9.69 Å². The fourth-order valence-corrected chi connectivity index (χ4v) is 2.66. The maximum absolute atomic E-state index is 12.1. The zero-order valence-corrected chi connectivity index (χ0v) is 12.0. The van der Waals surface area contributed by atoms with Crippen LogP contribution in [0, 0.1) is 0 Å². The molecule has 0 spiro atoms. The lowest BCUT2D eigenvalue weighted by Gasteiger charge is -2.26. The number of carbonyl (C=O) groups is 1. The minimum atomic E-state index is 0.139. The molecule has 0 saturated heterocycles. The van der Waals surface area contributed by atoms with Crippen molar-refractivity contribution in [2.75, 3.05) is 23.5 Å². The first-order valence-corrected chi connectivity index (χ1v) is 6.88. The summed E-state index contributed by atoms with van der Waals surface area (Å²) in [5.74, 6) is 0.139. The molecule has 0 radical (unpaired) electrons. The Labute approximate surface area is 123 Å². The van der Waals surface area contributed by atoms with Crippen molar-refractivity contribution < 1.29 is 4.79 Å². The molecule has 1 aliphatic heterocycles. The predicted molar refractivity (Wildman–Crippen MR) is 82.4 cm³/mol. The van der Waals surface area contributed by atoms with Crippen LogP contribution in [0.3, 0.4) is 0 Å². The number of hydrogen-bond acceptors (Lipinski definition) is 2. The summed E-state index contributed by atoms with van der Waals surface area (Å²) in [5.41, 5.74) is 3.10. The molecule has 2 aromatic carbocycles. The van der Waals surface area contributed by atoms with Gasteiger partial charge in [-0.25, -0.2) is 0 Å². The average Bonchev–Trinajstić information content (AvgIpc) is 2.75. The standard InChI is InChI=1S/C16H15ClN2O/c1-18(14-7-4-6-13(17)10-14)11-19-15-8-3-2-5-12(15)9-16(19)20/h2-8,10H,9,11H2,1H3. The predicted octanol–water partition coefficient (Wildman–Crippen LogP) is 3.32. The third-order valence-corrected chi connectivity index (χ3v) is 3.76. The summed E-state index contributed by atoms with van der Waals surface area (Å²) in [6.07, 6.45) is 0.486. The van der Waals surface area contributed by atoms with E-state index in [4.69, 9.17) is 11.6 Å². The highest BCUT2D eigenvalue weighted by Crippen LogP contribution is 2.29. The van der Waals surface area contributed by atoms with Crippen molar-refractivity contribution in [3.05, 3.63) is 59.1 Å². The maximum Gasteiger partial charge on any atom is 0.232 e. The molecule has 0 N–H and O–H groups in total. The van der Waals surface area contributed by atoms with Gasteiger partial charge in [0.05, 0.1) is 13.1 Å². The molecule has 0 unspecified atom stereocenters. The van der Waals surface area contributed by atoms with Crippen LogP contribution >= 0.6 is 11.6 Å². The van der Waals surface area contributed by atoms with Gasteiger partial charge >= 0.3 is 0 Å². The zero-order chi connectivity index (χ0) is 14.1. The van der Waals surface area contributed by atoms with Gasteiger partial charge in [0.2, 0.25) is 5.91 Å². The van der Waals surface area contributed by atoms with Crippen LogP contribution in [-0.2, 0) is 11.2 Å². The Kier molecular flexibility index (Phi) is 3.36. The first kappa shape index (κ1) is 13.0. The summed E-state index contributed by atoms with van der Waals surface area (Å²) in [5, 5.41) is 0.697. The van der Waals surface area contributed by atoms with Crippen LogP contribution in [0.2, 0.25) is 5.02 Å². The number of amides is 1. The number of halogens is 1. The van der Waals surface area contributed by atoms with Crippen molar-refractivity contribution in [2.24, 2.45) is 0 Å². The number of nitrogens with zero attached hydrogens (tertiary/aromatic N) is 2. The molecule has 4 heteroatoms. The molecule has 1 amide bonds. The van der Waals surface area contributed by atoms with E-state index < -0.39 is 0 Å². The molecule has 2 aromatic rings. The van der Waals surface area contributed by atoms with E-state index >= 15 is 0 Å². The Morgan fingerprint density at radius 3 is 2.80 bits per heavy atom. The number of anilines is 2. The smallest absolute Gasteiger partial charge is 0.232 e. The topological polar surface area (TPSA) is 23.6 Å². The van der Waals surface area contributed by atoms with Gasteiger partial charge < -0.3 is 4.90 Å². The van der Waals surface area contributed by atoms with E-state index in [-0.39, 0.29) is 5.91 Å². The Morgan fingerprint density at radius 2 is 2.00 bits per heavy atom. The monoisotopic (exact) mass is 286 g/mol. The fourth-order valence-electron chi connectivity index (χ4n) is 2.48. The van der Waals surface area contributed by atoms with Gasteiger partial charge in [0.1, 0.15) is 0 Å². The van der Waals surface area contributed by atoms with Gasteiger partial charge in [-0.05, 0) is 29.8 Å². The summed E-state index contributed by atoms with van der Waals surface area (Å²) >= 11 is 6.01. The SMILES string of the molecule is CN(CN1C(=O)Cc2ccccc21)c1cccc(Cl)c1. The van der Waals surface area contributed by atoms with Crippen molar-refractivity contribution >= 4 is 28.9 Å². The summed E-state index contributed by atoms with van der Waals surface area (Å²) in [6, 6.07) is 15.6. The number of hydrogen-bond donors (Lipinski definition) is 0. The molecular formula is C16H15ClN2O. The zero-order valence-electron chi connectivity index (χ0n) is 11.2. The van der Waals surface area contributed by atoms with Gasteiger partial charge in [0.15, 0.2) is 0 Å². The van der Waals surface area contributed by atoms with E-state index in [1.54, 1.807) is 0 Å². The second-order valence-electron chi connectivity index (χ2n) is 4.95. The molecular weight excluding hydrogens is 272 g/mol. The van der Waals surface area contributed by atoms with Crippen LogP contribution in [-0.4, -0.2) is 19.6 Å². The molecule has 0 aliphatic carbocycles. The van der Waals surface area contributed by atoms with Crippen LogP contribution in [0.15, 0.2) is 48.5 Å². The Morgan fingerprint density at radius 1 is 1.20 bits per heavy atom. The molecule has 0 atom stereocenters. The second kappa shape index (κ2) is 5.17. The quantitative estimate of drug-likeness (QED) is 0.864. The van der Waals surface area contributed by atoms with Crippen molar-refractivity contribution in [1.82, 2.24) is 0 Å². The molecule has 0 aromatic heterocycles. The van der Waals surface area contributed by atoms with E-state index in [9.17, 15) is 4.79 Å². The number of carbonyl (C=O) groups excluding carboxylic acids is 1. The van der Waals surface area contributed by atoms with Crippen molar-refractivity contribution in [3.63, 3.8) is 0 Å². The normalized spacial score (nSPS) is 13.5. The highest BCUT2D eigenvalue weighted by Gasteiger charge is 2.27. The Balaban J connectivity index is 1.83. The third-order valence-electron chi connectivity index (χ3n) is 3.53. The summed E-state index contributed by atoms with van der Waals surface area (Å²) in [7, 11) is 1.96. The van der Waals surface area contributed by atoms with Gasteiger partial charge in [-0.15, -0.1) is 0 Å². The van der Waals surface area contributed by atoms with E-state index in [2.05, 4.69) is 0 Å². The van der Waals surface area contributed by atoms with E-state index in [0.29, 0.717) is 18.1 Å². The molecule has 1 heterocycles. The minimum absolute atomic E-state index is 0.139. The summed E-state index contributed by atoms with van der Waals surface area (Å²) in [6.45, 7) is 0.524. The Hall–Kier alpha value is -2.00. The largest absolute Gasteiger partial charge is 0.356 e. The number of rotatable bonds is 3. The third kappa shape index (κ3) is 2.37. The number of para-hydroxylation sites is 1. The number of fused-ring (bicyclic) bond motifs is 1. The minimum Gasteiger partial charge on any atom is -0.356 e. The lowest BCUT2D eigenvalue weighted by atomic mass is 10.2. The van der Waals surface area contributed by atoms with Crippen LogP contribution in [0.4, 0.5) is 11.4 Å². The first-order valence-electron chi connectivity index (χ1n) is 6.50. The highest BCUT2D eigenvalue weighted by atomic mass is 35.5.